The molecule has 2 N–H and O–H groups in total. The van der Waals surface area contributed by atoms with Crippen LogP contribution in [-0.2, 0) is 15.3 Å². The van der Waals surface area contributed by atoms with Crippen LogP contribution in [0.5, 0.6) is 0 Å². The minimum Gasteiger partial charge on any atom is -0.381 e. The minimum atomic E-state index is 0.0542. The summed E-state index contributed by atoms with van der Waals surface area (Å²) in [4.78, 5) is 11.7. The summed E-state index contributed by atoms with van der Waals surface area (Å²) in [5.74, 6) is 1.05. The highest BCUT2D eigenvalue weighted by Crippen LogP contribution is 2.26. The Labute approximate surface area is 131 Å². The van der Waals surface area contributed by atoms with E-state index in [-0.39, 0.29) is 5.91 Å². The number of carbonyl (C=O) groups excluding carboxylic acids is 1. The topological polar surface area (TPSA) is 50.4 Å². The van der Waals surface area contributed by atoms with Crippen molar-refractivity contribution in [3.8, 4) is 0 Å². The molecule has 4 nitrogen and oxygen atoms in total. The molecule has 116 valence electrons. The van der Waals surface area contributed by atoms with Gasteiger partial charge in [0.25, 0.3) is 0 Å². The highest BCUT2D eigenvalue weighted by molar-refractivity contribution is 7.99. The number of amides is 1. The molecule has 0 unspecified atom stereocenters. The molecule has 0 aliphatic carbocycles. The molecule has 2 rings (SSSR count). The summed E-state index contributed by atoms with van der Waals surface area (Å²) >= 11 is 1.99. The Morgan fingerprint density at radius 2 is 2.19 bits per heavy atom. The molecule has 0 bridgehead atoms. The Kier molecular flexibility index (Phi) is 7.06. The van der Waals surface area contributed by atoms with Crippen LogP contribution in [0.2, 0.25) is 0 Å². The van der Waals surface area contributed by atoms with E-state index >= 15 is 0 Å². The van der Waals surface area contributed by atoms with Gasteiger partial charge in [-0.2, -0.15) is 11.8 Å². The highest BCUT2D eigenvalue weighted by atomic mass is 32.2. The van der Waals surface area contributed by atoms with Crippen molar-refractivity contribution in [2.75, 3.05) is 32.1 Å². The number of carbonyl (C=O) groups is 1. The van der Waals surface area contributed by atoms with Crippen LogP contribution in [0.25, 0.3) is 0 Å². The van der Waals surface area contributed by atoms with E-state index < -0.39 is 0 Å². The quantitative estimate of drug-likeness (QED) is 0.813. The van der Waals surface area contributed by atoms with Crippen LogP contribution in [-0.4, -0.2) is 38.0 Å². The van der Waals surface area contributed by atoms with Crippen LogP contribution >= 0.6 is 11.8 Å². The largest absolute Gasteiger partial charge is 0.381 e. The number of thioether (sulfide) groups is 1. The lowest BCUT2D eigenvalue weighted by atomic mass is 10.2. The fourth-order valence-electron chi connectivity index (χ4n) is 2.26. The number of rotatable bonds is 7. The number of anilines is 1. The van der Waals surface area contributed by atoms with E-state index in [9.17, 15) is 4.79 Å². The fourth-order valence-corrected chi connectivity index (χ4v) is 3.39. The molecule has 1 amide bonds. The Hall–Kier alpha value is -1.04. The van der Waals surface area contributed by atoms with Crippen molar-refractivity contribution in [2.45, 2.75) is 30.3 Å². The van der Waals surface area contributed by atoms with E-state index in [1.807, 2.05) is 30.9 Å². The second-order valence-electron chi connectivity index (χ2n) is 5.22. The van der Waals surface area contributed by atoms with E-state index in [0.717, 1.165) is 37.5 Å². The summed E-state index contributed by atoms with van der Waals surface area (Å²) in [7, 11) is 1.85. The first-order valence-corrected chi connectivity index (χ1v) is 8.55. The van der Waals surface area contributed by atoms with Gasteiger partial charge < -0.3 is 15.4 Å². The number of ether oxygens (including phenoxy) is 1. The smallest absolute Gasteiger partial charge is 0.225 e. The maximum atomic E-state index is 11.7. The van der Waals surface area contributed by atoms with Crippen molar-refractivity contribution >= 4 is 23.4 Å². The number of hydrogen-bond acceptors (Lipinski definition) is 4. The lowest BCUT2D eigenvalue weighted by molar-refractivity contribution is -0.116. The second-order valence-corrected chi connectivity index (χ2v) is 6.51. The molecule has 0 saturated carbocycles. The third-order valence-electron chi connectivity index (χ3n) is 3.47. The van der Waals surface area contributed by atoms with Gasteiger partial charge in [-0.1, -0.05) is 12.1 Å². The van der Waals surface area contributed by atoms with Gasteiger partial charge in [0.1, 0.15) is 0 Å². The first-order valence-electron chi connectivity index (χ1n) is 7.50. The molecule has 1 aliphatic heterocycles. The van der Waals surface area contributed by atoms with Crippen LogP contribution in [0, 0.1) is 0 Å². The molecule has 0 atom stereocenters. The van der Waals surface area contributed by atoms with Gasteiger partial charge >= 0.3 is 0 Å². The zero-order chi connectivity index (χ0) is 14.9. The predicted molar refractivity (Wildman–Crippen MR) is 88.8 cm³/mol. The van der Waals surface area contributed by atoms with Gasteiger partial charge in [0.2, 0.25) is 5.91 Å². The van der Waals surface area contributed by atoms with Gasteiger partial charge in [0.05, 0.1) is 0 Å². The zero-order valence-electron chi connectivity index (χ0n) is 12.6. The van der Waals surface area contributed by atoms with Crippen molar-refractivity contribution in [1.82, 2.24) is 5.32 Å². The lowest BCUT2D eigenvalue weighted by Gasteiger charge is -2.21. The van der Waals surface area contributed by atoms with Crippen molar-refractivity contribution in [2.24, 2.45) is 0 Å². The number of nitrogens with one attached hydrogen (secondary N) is 2. The van der Waals surface area contributed by atoms with E-state index in [4.69, 9.17) is 4.74 Å². The first kappa shape index (κ1) is 16.3. The standard InChI is InChI=1S/C16H24N2O2S/c1-17-8-5-16(19)18-14-4-2-3-13(11-14)12-21-15-6-9-20-10-7-15/h2-4,11,15,17H,5-10,12H2,1H3,(H,18,19). The summed E-state index contributed by atoms with van der Waals surface area (Å²) in [6.07, 6.45) is 2.79. The van der Waals surface area contributed by atoms with Gasteiger partial charge in [-0.25, -0.2) is 0 Å². The second kappa shape index (κ2) is 9.07. The maximum Gasteiger partial charge on any atom is 0.225 e. The minimum absolute atomic E-state index is 0.0542. The normalized spacial score (nSPS) is 15.9. The zero-order valence-corrected chi connectivity index (χ0v) is 13.4. The third kappa shape index (κ3) is 6.08. The molecule has 0 radical (unpaired) electrons. The van der Waals surface area contributed by atoms with Crippen molar-refractivity contribution in [3.63, 3.8) is 0 Å². The molecule has 21 heavy (non-hydrogen) atoms. The molecule has 1 fully saturated rings. The Balaban J connectivity index is 1.80. The maximum absolute atomic E-state index is 11.7. The van der Waals surface area contributed by atoms with E-state index in [0.29, 0.717) is 18.2 Å². The molecular weight excluding hydrogens is 284 g/mol. The van der Waals surface area contributed by atoms with Gasteiger partial charge in [-0.3, -0.25) is 4.79 Å². The molecule has 1 aliphatic rings. The molecule has 5 heteroatoms. The third-order valence-corrected chi connectivity index (χ3v) is 4.91. The van der Waals surface area contributed by atoms with Crippen LogP contribution in [0.4, 0.5) is 5.69 Å². The summed E-state index contributed by atoms with van der Waals surface area (Å²) in [5, 5.41) is 6.63. The van der Waals surface area contributed by atoms with Crippen LogP contribution in [0.15, 0.2) is 24.3 Å². The molecule has 1 saturated heterocycles. The van der Waals surface area contributed by atoms with Gasteiger partial charge in [-0.05, 0) is 37.6 Å². The van der Waals surface area contributed by atoms with E-state index in [2.05, 4.69) is 22.8 Å². The fraction of sp³-hybridized carbons (Fsp3) is 0.562. The van der Waals surface area contributed by atoms with E-state index in [1.165, 1.54) is 5.56 Å². The SMILES string of the molecule is CNCCC(=O)Nc1cccc(CSC2CCOCC2)c1. The van der Waals surface area contributed by atoms with Crippen LogP contribution in [0.1, 0.15) is 24.8 Å². The van der Waals surface area contributed by atoms with Gasteiger partial charge in [0, 0.05) is 42.9 Å². The predicted octanol–water partition coefficient (Wildman–Crippen LogP) is 2.65. The molecule has 1 aromatic rings. The number of benzene rings is 1. The first-order chi connectivity index (χ1) is 10.3. The molecule has 1 aromatic carbocycles. The lowest BCUT2D eigenvalue weighted by Crippen LogP contribution is -2.18. The van der Waals surface area contributed by atoms with Crippen molar-refractivity contribution in [3.05, 3.63) is 29.8 Å². The summed E-state index contributed by atoms with van der Waals surface area (Å²) in [5.41, 5.74) is 2.15. The van der Waals surface area contributed by atoms with Crippen LogP contribution < -0.4 is 10.6 Å². The molecule has 1 heterocycles. The Bertz CT molecular complexity index is 448. The van der Waals surface area contributed by atoms with Crippen molar-refractivity contribution in [1.29, 1.82) is 0 Å². The summed E-state index contributed by atoms with van der Waals surface area (Å²) in [6, 6.07) is 8.15. The highest BCUT2D eigenvalue weighted by Gasteiger charge is 2.14. The summed E-state index contributed by atoms with van der Waals surface area (Å²) < 4.78 is 5.38. The molecule has 0 spiro atoms. The molecule has 0 aromatic heterocycles. The van der Waals surface area contributed by atoms with Crippen molar-refractivity contribution < 1.29 is 9.53 Å². The van der Waals surface area contributed by atoms with Gasteiger partial charge in [-0.15, -0.1) is 0 Å². The van der Waals surface area contributed by atoms with Crippen LogP contribution in [0.3, 0.4) is 0 Å². The molecular formula is C16H24N2O2S. The Morgan fingerprint density at radius 3 is 2.95 bits per heavy atom. The van der Waals surface area contributed by atoms with Gasteiger partial charge in [0.15, 0.2) is 0 Å². The average Bonchev–Trinajstić information content (AvgIpc) is 2.52. The summed E-state index contributed by atoms with van der Waals surface area (Å²) in [6.45, 7) is 2.48. The average molecular weight is 308 g/mol. The number of hydrogen-bond donors (Lipinski definition) is 2. The Morgan fingerprint density at radius 1 is 1.38 bits per heavy atom. The van der Waals surface area contributed by atoms with E-state index in [1.54, 1.807) is 0 Å². The monoisotopic (exact) mass is 308 g/mol.